The van der Waals surface area contributed by atoms with Gasteiger partial charge in [-0.1, -0.05) is 15.9 Å². The molecule has 2 aromatic rings. The van der Waals surface area contributed by atoms with E-state index in [4.69, 9.17) is 0 Å². The standard InChI is InChI=1S/C15H15BrF3N3O/c1-21-13(10-6-5-9(16)8-11(10)20-21)14(23)22-7-3-2-4-12(22)15(17,18)19/h5-6,8,12H,2-4,7H2,1H3. The van der Waals surface area contributed by atoms with Gasteiger partial charge >= 0.3 is 6.18 Å². The summed E-state index contributed by atoms with van der Waals surface area (Å²) in [6.07, 6.45) is -3.39. The van der Waals surface area contributed by atoms with E-state index in [2.05, 4.69) is 21.0 Å². The van der Waals surface area contributed by atoms with Crippen molar-refractivity contribution in [3.05, 3.63) is 28.4 Å². The van der Waals surface area contributed by atoms with E-state index in [-0.39, 0.29) is 18.7 Å². The molecule has 1 amide bonds. The first-order chi connectivity index (χ1) is 10.8. The number of carbonyl (C=O) groups excluding carboxylic acids is 1. The normalized spacial score (nSPS) is 19.3. The van der Waals surface area contributed by atoms with Gasteiger partial charge in [0.1, 0.15) is 11.7 Å². The van der Waals surface area contributed by atoms with Crippen molar-refractivity contribution in [2.24, 2.45) is 7.05 Å². The number of amides is 1. The molecule has 1 aromatic carbocycles. The number of piperidine rings is 1. The van der Waals surface area contributed by atoms with Gasteiger partial charge in [0.2, 0.25) is 0 Å². The van der Waals surface area contributed by atoms with Crippen LogP contribution in [0.4, 0.5) is 13.2 Å². The third-order valence-electron chi connectivity index (χ3n) is 4.14. The van der Waals surface area contributed by atoms with Crippen LogP contribution in [0.15, 0.2) is 22.7 Å². The Kier molecular flexibility index (Phi) is 4.12. The first-order valence-corrected chi connectivity index (χ1v) is 8.08. The van der Waals surface area contributed by atoms with Crippen molar-refractivity contribution in [2.45, 2.75) is 31.5 Å². The highest BCUT2D eigenvalue weighted by Gasteiger charge is 2.47. The van der Waals surface area contributed by atoms with E-state index >= 15 is 0 Å². The second-order valence-corrected chi connectivity index (χ2v) is 6.60. The number of nitrogens with zero attached hydrogens (tertiary/aromatic N) is 3. The monoisotopic (exact) mass is 389 g/mol. The molecule has 1 aliphatic rings. The van der Waals surface area contributed by atoms with Crippen LogP contribution in [0.5, 0.6) is 0 Å². The minimum atomic E-state index is -4.41. The molecule has 1 aromatic heterocycles. The maximum atomic E-state index is 13.2. The fraction of sp³-hybridized carbons (Fsp3) is 0.467. The molecule has 1 saturated heterocycles. The second kappa shape index (κ2) is 5.81. The van der Waals surface area contributed by atoms with Gasteiger partial charge < -0.3 is 4.90 Å². The predicted molar refractivity (Wildman–Crippen MR) is 83.1 cm³/mol. The molecular formula is C15H15BrF3N3O. The molecule has 1 aliphatic heterocycles. The Hall–Kier alpha value is -1.57. The van der Waals surface area contributed by atoms with Crippen LogP contribution in [0.2, 0.25) is 0 Å². The van der Waals surface area contributed by atoms with Gasteiger partial charge in [0, 0.05) is 23.5 Å². The van der Waals surface area contributed by atoms with Crippen molar-refractivity contribution in [1.82, 2.24) is 14.7 Å². The van der Waals surface area contributed by atoms with Crippen LogP contribution >= 0.6 is 15.9 Å². The summed E-state index contributed by atoms with van der Waals surface area (Å²) in [5.41, 5.74) is 0.773. The Balaban J connectivity index is 2.04. The fourth-order valence-corrected chi connectivity index (χ4v) is 3.43. The van der Waals surface area contributed by atoms with E-state index in [0.29, 0.717) is 23.7 Å². The summed E-state index contributed by atoms with van der Waals surface area (Å²) in [6, 6.07) is 3.47. The van der Waals surface area contributed by atoms with Crippen LogP contribution in [-0.2, 0) is 7.05 Å². The molecule has 0 bridgehead atoms. The van der Waals surface area contributed by atoms with Gasteiger partial charge in [-0.15, -0.1) is 0 Å². The summed E-state index contributed by atoms with van der Waals surface area (Å²) in [7, 11) is 1.58. The maximum absolute atomic E-state index is 13.2. The second-order valence-electron chi connectivity index (χ2n) is 5.69. The number of rotatable bonds is 1. The third kappa shape index (κ3) is 2.96. The Morgan fingerprint density at radius 3 is 2.78 bits per heavy atom. The zero-order chi connectivity index (χ0) is 16.8. The van der Waals surface area contributed by atoms with Crippen molar-refractivity contribution in [3.8, 4) is 0 Å². The number of aromatic nitrogens is 2. The number of hydrogen-bond donors (Lipinski definition) is 0. The van der Waals surface area contributed by atoms with Crippen LogP contribution in [0.1, 0.15) is 29.8 Å². The number of hydrogen-bond acceptors (Lipinski definition) is 2. The minimum Gasteiger partial charge on any atom is -0.325 e. The van der Waals surface area contributed by atoms with E-state index in [1.54, 1.807) is 25.2 Å². The van der Waals surface area contributed by atoms with Crippen molar-refractivity contribution in [1.29, 1.82) is 0 Å². The lowest BCUT2D eigenvalue weighted by Gasteiger charge is -2.36. The minimum absolute atomic E-state index is 0.0451. The van der Waals surface area contributed by atoms with E-state index in [9.17, 15) is 18.0 Å². The van der Waals surface area contributed by atoms with Crippen LogP contribution in [-0.4, -0.2) is 39.4 Å². The molecule has 0 radical (unpaired) electrons. The molecule has 0 saturated carbocycles. The molecule has 3 rings (SSSR count). The molecule has 1 atom stereocenters. The predicted octanol–water partition coefficient (Wildman–Crippen LogP) is 3.89. The molecule has 1 fully saturated rings. The molecule has 2 heterocycles. The fourth-order valence-electron chi connectivity index (χ4n) is 3.08. The number of halogens is 4. The maximum Gasteiger partial charge on any atom is 0.408 e. The summed E-state index contributed by atoms with van der Waals surface area (Å²) < 4.78 is 41.9. The van der Waals surface area contributed by atoms with Crippen LogP contribution in [0, 0.1) is 0 Å². The van der Waals surface area contributed by atoms with Crippen LogP contribution < -0.4 is 0 Å². The van der Waals surface area contributed by atoms with E-state index in [1.807, 2.05) is 0 Å². The molecule has 23 heavy (non-hydrogen) atoms. The van der Waals surface area contributed by atoms with Crippen molar-refractivity contribution in [2.75, 3.05) is 6.54 Å². The quantitative estimate of drug-likeness (QED) is 0.741. The zero-order valence-corrected chi connectivity index (χ0v) is 14.0. The van der Waals surface area contributed by atoms with Gasteiger partial charge in [-0.2, -0.15) is 18.3 Å². The average molecular weight is 390 g/mol. The van der Waals surface area contributed by atoms with Crippen LogP contribution in [0.3, 0.4) is 0 Å². The van der Waals surface area contributed by atoms with Gasteiger partial charge in [0.05, 0.1) is 5.52 Å². The molecule has 124 valence electrons. The van der Waals surface area contributed by atoms with Gasteiger partial charge in [-0.05, 0) is 37.5 Å². The number of likely N-dealkylation sites (tertiary alicyclic amines) is 1. The van der Waals surface area contributed by atoms with Gasteiger partial charge in [0.25, 0.3) is 5.91 Å². The zero-order valence-electron chi connectivity index (χ0n) is 12.4. The molecule has 0 aliphatic carbocycles. The summed E-state index contributed by atoms with van der Waals surface area (Å²) in [5.74, 6) is -0.612. The van der Waals surface area contributed by atoms with E-state index in [0.717, 1.165) is 9.37 Å². The smallest absolute Gasteiger partial charge is 0.325 e. The third-order valence-corrected chi connectivity index (χ3v) is 4.63. The average Bonchev–Trinajstić information content (AvgIpc) is 2.80. The van der Waals surface area contributed by atoms with E-state index in [1.165, 1.54) is 4.68 Å². The molecule has 8 heteroatoms. The summed E-state index contributed by atoms with van der Waals surface area (Å²) in [6.45, 7) is 0.117. The summed E-state index contributed by atoms with van der Waals surface area (Å²) in [4.78, 5) is 13.7. The summed E-state index contributed by atoms with van der Waals surface area (Å²) >= 11 is 3.32. The Morgan fingerprint density at radius 1 is 1.35 bits per heavy atom. The Morgan fingerprint density at radius 2 is 2.09 bits per heavy atom. The highest BCUT2D eigenvalue weighted by atomic mass is 79.9. The molecule has 1 unspecified atom stereocenters. The first kappa shape index (κ1) is 16.3. The lowest BCUT2D eigenvalue weighted by atomic mass is 10.0. The highest BCUT2D eigenvalue weighted by Crippen LogP contribution is 2.33. The number of alkyl halides is 3. The molecule has 0 N–H and O–H groups in total. The van der Waals surface area contributed by atoms with Gasteiger partial charge in [0.15, 0.2) is 0 Å². The highest BCUT2D eigenvalue weighted by molar-refractivity contribution is 9.10. The number of carbonyl (C=O) groups is 1. The molecular weight excluding hydrogens is 375 g/mol. The van der Waals surface area contributed by atoms with Crippen molar-refractivity contribution in [3.63, 3.8) is 0 Å². The van der Waals surface area contributed by atoms with E-state index < -0.39 is 18.1 Å². The number of benzene rings is 1. The van der Waals surface area contributed by atoms with Crippen molar-refractivity contribution >= 4 is 32.7 Å². The largest absolute Gasteiger partial charge is 0.408 e. The first-order valence-electron chi connectivity index (χ1n) is 7.29. The van der Waals surface area contributed by atoms with Crippen LogP contribution in [0.25, 0.3) is 10.9 Å². The Labute approximate surface area is 139 Å². The lowest BCUT2D eigenvalue weighted by Crippen LogP contribution is -2.51. The molecule has 0 spiro atoms. The SMILES string of the molecule is Cn1nc2cc(Br)ccc2c1C(=O)N1CCCCC1C(F)(F)F. The number of fused-ring (bicyclic) bond motifs is 1. The Bertz CT molecular complexity index is 756. The van der Waals surface area contributed by atoms with Gasteiger partial charge in [-0.3, -0.25) is 9.48 Å². The lowest BCUT2D eigenvalue weighted by molar-refractivity contribution is -0.183. The molecule has 4 nitrogen and oxygen atoms in total. The summed E-state index contributed by atoms with van der Waals surface area (Å²) in [5, 5.41) is 4.80. The number of aryl methyl sites for hydroxylation is 1. The topological polar surface area (TPSA) is 38.1 Å². The van der Waals surface area contributed by atoms with Gasteiger partial charge in [-0.25, -0.2) is 0 Å². The van der Waals surface area contributed by atoms with Crippen molar-refractivity contribution < 1.29 is 18.0 Å².